The second-order valence-electron chi connectivity index (χ2n) is 9.28. The summed E-state index contributed by atoms with van der Waals surface area (Å²) in [7, 11) is 1.15. The van der Waals surface area contributed by atoms with Crippen LogP contribution < -0.4 is 4.18 Å². The van der Waals surface area contributed by atoms with Crippen LogP contribution in [-0.2, 0) is 31.2 Å². The maximum atomic E-state index is 15.4. The molecule has 0 radical (unpaired) electrons. The molecular formula is C25H26F6NO4S+. The first-order valence-electron chi connectivity index (χ1n) is 11.1. The average molecular weight is 551 g/mol. The Kier molecular flexibility index (Phi) is 8.43. The highest BCUT2D eigenvalue weighted by molar-refractivity contribution is 7.81. The fourth-order valence-corrected chi connectivity index (χ4v) is 4.70. The third-order valence-corrected chi connectivity index (χ3v) is 6.55. The van der Waals surface area contributed by atoms with Crippen molar-refractivity contribution in [3.05, 3.63) is 70.3 Å². The number of carbonyl (C=O) groups is 1. The van der Waals surface area contributed by atoms with Crippen LogP contribution in [0.25, 0.3) is 6.08 Å². The summed E-state index contributed by atoms with van der Waals surface area (Å²) in [5.74, 6) is -2.96. The van der Waals surface area contributed by atoms with Crippen LogP contribution in [0.3, 0.4) is 0 Å². The van der Waals surface area contributed by atoms with Gasteiger partial charge in [0, 0.05) is 24.2 Å². The van der Waals surface area contributed by atoms with Gasteiger partial charge in [0.25, 0.3) is 0 Å². The van der Waals surface area contributed by atoms with E-state index in [4.69, 9.17) is 0 Å². The van der Waals surface area contributed by atoms with Crippen molar-refractivity contribution in [2.24, 2.45) is 0 Å². The molecule has 1 aliphatic rings. The van der Waals surface area contributed by atoms with Gasteiger partial charge in [0.05, 0.1) is 13.2 Å². The SMILES string of the molecule is COC(=O)/C=C/c1cc(F)c(C2c3ccc(O[SH+](=O)C(F)(F)F)cc3CC(C)N2CC(C)(C)F)c(F)c1. The minimum Gasteiger partial charge on any atom is -0.466 e. The zero-order valence-corrected chi connectivity index (χ0v) is 21.3. The van der Waals surface area contributed by atoms with Crippen LogP contribution in [-0.4, -0.2) is 41.7 Å². The van der Waals surface area contributed by atoms with Crippen LogP contribution in [0.15, 0.2) is 36.4 Å². The summed E-state index contributed by atoms with van der Waals surface area (Å²) in [6.07, 6.45) is 2.38. The Hall–Kier alpha value is -2.86. The van der Waals surface area contributed by atoms with Crippen molar-refractivity contribution < 1.29 is 44.3 Å². The molecule has 3 unspecified atom stereocenters. The monoisotopic (exact) mass is 550 g/mol. The van der Waals surface area contributed by atoms with E-state index in [0.29, 0.717) is 11.1 Å². The van der Waals surface area contributed by atoms with Crippen molar-refractivity contribution in [1.29, 1.82) is 0 Å². The lowest BCUT2D eigenvalue weighted by atomic mass is 9.83. The van der Waals surface area contributed by atoms with Crippen LogP contribution in [0.2, 0.25) is 0 Å². The quantitative estimate of drug-likeness (QED) is 0.145. The Morgan fingerprint density at radius 2 is 1.76 bits per heavy atom. The van der Waals surface area contributed by atoms with E-state index in [1.165, 1.54) is 32.1 Å². The molecule has 0 saturated heterocycles. The molecule has 0 saturated carbocycles. The molecule has 3 rings (SSSR count). The van der Waals surface area contributed by atoms with Gasteiger partial charge in [-0.2, -0.15) is 0 Å². The van der Waals surface area contributed by atoms with Gasteiger partial charge in [-0.05, 0) is 74.2 Å². The van der Waals surface area contributed by atoms with Crippen molar-refractivity contribution in [2.45, 2.75) is 50.5 Å². The zero-order valence-electron chi connectivity index (χ0n) is 20.4. The lowest BCUT2D eigenvalue weighted by Gasteiger charge is -2.44. The molecule has 0 bridgehead atoms. The highest BCUT2D eigenvalue weighted by atomic mass is 32.2. The van der Waals surface area contributed by atoms with E-state index in [1.807, 2.05) is 0 Å². The average Bonchev–Trinajstić information content (AvgIpc) is 2.77. The van der Waals surface area contributed by atoms with Crippen LogP contribution in [0.1, 0.15) is 49.1 Å². The second-order valence-corrected chi connectivity index (χ2v) is 10.5. The van der Waals surface area contributed by atoms with Gasteiger partial charge < -0.3 is 4.74 Å². The Morgan fingerprint density at radius 3 is 2.30 bits per heavy atom. The molecule has 202 valence electrons. The number of benzene rings is 2. The number of methoxy groups -OCH3 is 1. The minimum atomic E-state index is -5.05. The van der Waals surface area contributed by atoms with Gasteiger partial charge in [-0.15, -0.1) is 13.2 Å². The van der Waals surface area contributed by atoms with Gasteiger partial charge in [-0.1, -0.05) is 10.3 Å². The first-order valence-corrected chi connectivity index (χ1v) is 12.3. The van der Waals surface area contributed by atoms with Gasteiger partial charge >= 0.3 is 22.6 Å². The van der Waals surface area contributed by atoms with Gasteiger partial charge in [0.2, 0.25) is 0 Å². The number of hydrogen-bond donors (Lipinski definition) is 0. The number of ether oxygens (including phenoxy) is 1. The summed E-state index contributed by atoms with van der Waals surface area (Å²) in [6, 6.07) is 4.14. The Morgan fingerprint density at radius 1 is 1.14 bits per heavy atom. The van der Waals surface area contributed by atoms with Crippen molar-refractivity contribution >= 4 is 23.1 Å². The van der Waals surface area contributed by atoms with Crippen LogP contribution in [0, 0.1) is 11.6 Å². The van der Waals surface area contributed by atoms with E-state index >= 15 is 8.78 Å². The minimum absolute atomic E-state index is 0.0466. The molecule has 12 heteroatoms. The van der Waals surface area contributed by atoms with E-state index < -0.39 is 51.9 Å². The summed E-state index contributed by atoms with van der Waals surface area (Å²) in [6.45, 7) is 4.16. The number of thiol groups is 1. The number of fused-ring (bicyclic) bond motifs is 1. The molecule has 37 heavy (non-hydrogen) atoms. The molecular weight excluding hydrogens is 524 g/mol. The van der Waals surface area contributed by atoms with E-state index in [2.05, 4.69) is 8.92 Å². The topological polar surface area (TPSA) is 55.8 Å². The summed E-state index contributed by atoms with van der Waals surface area (Å²) >= 11 is -4.00. The Bertz CT molecular complexity index is 1200. The highest BCUT2D eigenvalue weighted by Crippen LogP contribution is 2.42. The fourth-order valence-electron chi connectivity index (χ4n) is 4.29. The number of nitrogens with zero attached hydrogens (tertiary/aromatic N) is 1. The molecule has 0 spiro atoms. The van der Waals surface area contributed by atoms with Crippen LogP contribution in [0.5, 0.6) is 5.75 Å². The lowest BCUT2D eigenvalue weighted by Crippen LogP contribution is -2.48. The standard InChI is InChI=1S/C25H25F6NO4S/c1-14-9-16-12-17(36-37(34)25(29,30)31)6-7-18(16)23(32(14)13-24(2,3)28)22-19(26)10-15(11-20(22)27)5-8-21(33)35-4/h5-8,10-12,14,23H,9,13H2,1-4H3/p+1/b8-5+. The number of hydrogen-bond acceptors (Lipinski definition) is 5. The molecule has 0 amide bonds. The van der Waals surface area contributed by atoms with Gasteiger partial charge in [0.1, 0.15) is 17.3 Å². The maximum Gasteiger partial charge on any atom is 0.615 e. The van der Waals surface area contributed by atoms with Crippen LogP contribution in [0.4, 0.5) is 26.3 Å². The first kappa shape index (κ1) is 28.7. The molecule has 2 aromatic carbocycles. The molecule has 1 heterocycles. The summed E-state index contributed by atoms with van der Waals surface area (Å²) in [5.41, 5.74) is -6.38. The molecule has 2 aromatic rings. The maximum absolute atomic E-state index is 15.4. The van der Waals surface area contributed by atoms with E-state index in [9.17, 15) is 26.6 Å². The smallest absolute Gasteiger partial charge is 0.466 e. The lowest BCUT2D eigenvalue weighted by molar-refractivity contribution is -0.134. The number of carbonyl (C=O) groups excluding carboxylic acids is 1. The normalized spacial score (nSPS) is 19.5. The van der Waals surface area contributed by atoms with Gasteiger partial charge in [-0.25, -0.2) is 18.0 Å². The predicted molar refractivity (Wildman–Crippen MR) is 127 cm³/mol. The predicted octanol–water partition coefficient (Wildman–Crippen LogP) is 5.74. The number of rotatable bonds is 7. The van der Waals surface area contributed by atoms with Gasteiger partial charge in [0.15, 0.2) is 5.75 Å². The number of esters is 1. The van der Waals surface area contributed by atoms with Gasteiger partial charge in [-0.3, -0.25) is 9.08 Å². The molecule has 0 aliphatic carbocycles. The van der Waals surface area contributed by atoms with E-state index in [-0.39, 0.29) is 29.8 Å². The first-order chi connectivity index (χ1) is 17.1. The summed E-state index contributed by atoms with van der Waals surface area (Å²) in [4.78, 5) is 12.9. The van der Waals surface area contributed by atoms with Crippen molar-refractivity contribution in [1.82, 2.24) is 4.90 Å². The third kappa shape index (κ3) is 6.92. The largest absolute Gasteiger partial charge is 0.615 e. The van der Waals surface area contributed by atoms with Crippen molar-refractivity contribution in [3.8, 4) is 5.75 Å². The summed E-state index contributed by atoms with van der Waals surface area (Å²) in [5, 5.41) is 0. The Balaban J connectivity index is 2.12. The van der Waals surface area contributed by atoms with E-state index in [0.717, 1.165) is 31.4 Å². The molecule has 5 nitrogen and oxygen atoms in total. The fraction of sp³-hybridized carbons (Fsp3) is 0.400. The summed E-state index contributed by atoms with van der Waals surface area (Å²) < 4.78 is 104. The number of halogens is 6. The molecule has 0 aromatic heterocycles. The van der Waals surface area contributed by atoms with Crippen LogP contribution >= 0.6 is 0 Å². The molecule has 3 atom stereocenters. The Labute approximate surface area is 212 Å². The second kappa shape index (κ2) is 10.9. The molecule has 0 N–H and O–H groups in total. The number of alkyl halides is 4. The highest BCUT2D eigenvalue weighted by Gasteiger charge is 2.47. The third-order valence-electron chi connectivity index (χ3n) is 5.76. The van der Waals surface area contributed by atoms with E-state index in [1.54, 1.807) is 11.8 Å². The zero-order chi connectivity index (χ0) is 27.7. The van der Waals surface area contributed by atoms with Crippen molar-refractivity contribution in [2.75, 3.05) is 13.7 Å². The van der Waals surface area contributed by atoms with Crippen molar-refractivity contribution in [3.63, 3.8) is 0 Å². The molecule has 0 fully saturated rings. The molecule has 1 aliphatic heterocycles.